The van der Waals surface area contributed by atoms with Crippen LogP contribution in [0.4, 0.5) is 10.5 Å². The molecule has 0 radical (unpaired) electrons. The predicted molar refractivity (Wildman–Crippen MR) is 96.2 cm³/mol. The molecule has 2 amide bonds. The number of nitrogens with zero attached hydrogens (tertiary/aromatic N) is 2. The molecule has 0 atom stereocenters. The molecular weight excluding hydrogens is 326 g/mol. The average Bonchev–Trinajstić information content (AvgIpc) is 2.60. The van der Waals surface area contributed by atoms with Crippen LogP contribution in [0.5, 0.6) is 0 Å². The van der Waals surface area contributed by atoms with Crippen LogP contribution in [0.2, 0.25) is 5.02 Å². The third-order valence-corrected chi connectivity index (χ3v) is 3.89. The number of pyridine rings is 1. The number of hydrogen-bond acceptors (Lipinski definition) is 3. The van der Waals surface area contributed by atoms with Gasteiger partial charge in [0.2, 0.25) is 0 Å². The molecular formula is C18H22ClN3O2. The van der Waals surface area contributed by atoms with Crippen LogP contribution in [-0.4, -0.2) is 34.2 Å². The van der Waals surface area contributed by atoms with Crippen LogP contribution in [0.15, 0.2) is 42.7 Å². The van der Waals surface area contributed by atoms with Gasteiger partial charge >= 0.3 is 6.03 Å². The Balaban J connectivity index is 2.12. The number of nitrogens with one attached hydrogen (secondary N) is 1. The number of aliphatic hydroxyl groups is 1. The first kappa shape index (κ1) is 18.2. The summed E-state index contributed by atoms with van der Waals surface area (Å²) in [5.74, 6) is 0. The maximum Gasteiger partial charge on any atom is 0.322 e. The highest BCUT2D eigenvalue weighted by Crippen LogP contribution is 2.22. The van der Waals surface area contributed by atoms with Crippen LogP contribution in [0.3, 0.4) is 0 Å². The molecule has 1 aromatic carbocycles. The van der Waals surface area contributed by atoms with E-state index in [0.717, 1.165) is 23.2 Å². The highest BCUT2D eigenvalue weighted by molar-refractivity contribution is 6.30. The number of urea groups is 1. The molecule has 2 N–H and O–H groups in total. The van der Waals surface area contributed by atoms with Gasteiger partial charge in [-0.2, -0.15) is 0 Å². The van der Waals surface area contributed by atoms with Crippen molar-refractivity contribution in [3.05, 3.63) is 58.9 Å². The van der Waals surface area contributed by atoms with E-state index in [9.17, 15) is 4.79 Å². The lowest BCUT2D eigenvalue weighted by Crippen LogP contribution is -2.35. The fourth-order valence-electron chi connectivity index (χ4n) is 2.40. The Labute approximate surface area is 147 Å². The SMILES string of the molecule is CCc1cc(Cl)ccc1NC(=O)N(CCCO)Cc1cccnc1. The lowest BCUT2D eigenvalue weighted by molar-refractivity contribution is 0.199. The lowest BCUT2D eigenvalue weighted by Gasteiger charge is -2.23. The summed E-state index contributed by atoms with van der Waals surface area (Å²) in [7, 11) is 0. The maximum absolute atomic E-state index is 12.7. The number of carbonyl (C=O) groups excluding carboxylic acids is 1. The molecule has 0 aliphatic carbocycles. The third-order valence-electron chi connectivity index (χ3n) is 3.66. The van der Waals surface area contributed by atoms with Gasteiger partial charge in [0.15, 0.2) is 0 Å². The van der Waals surface area contributed by atoms with Gasteiger partial charge in [0.1, 0.15) is 0 Å². The molecule has 1 aromatic heterocycles. The van der Waals surface area contributed by atoms with E-state index in [0.29, 0.717) is 24.5 Å². The Bertz CT molecular complexity index is 665. The molecule has 0 aliphatic rings. The summed E-state index contributed by atoms with van der Waals surface area (Å²) in [5.41, 5.74) is 2.68. The van der Waals surface area contributed by atoms with Gasteiger partial charge in [-0.25, -0.2) is 4.79 Å². The number of amides is 2. The number of anilines is 1. The third kappa shape index (κ3) is 5.22. The molecule has 0 saturated heterocycles. The van der Waals surface area contributed by atoms with E-state index in [1.165, 1.54) is 0 Å². The van der Waals surface area contributed by atoms with E-state index in [-0.39, 0.29) is 12.6 Å². The minimum atomic E-state index is -0.204. The second kappa shape index (κ2) is 9.25. The van der Waals surface area contributed by atoms with Crippen LogP contribution in [0.25, 0.3) is 0 Å². The van der Waals surface area contributed by atoms with Gasteiger partial charge in [-0.1, -0.05) is 24.6 Å². The van der Waals surface area contributed by atoms with E-state index in [2.05, 4.69) is 10.3 Å². The van der Waals surface area contributed by atoms with Gasteiger partial charge in [-0.15, -0.1) is 0 Å². The van der Waals surface area contributed by atoms with Gasteiger partial charge in [-0.05, 0) is 48.2 Å². The zero-order valence-corrected chi connectivity index (χ0v) is 14.5. The van der Waals surface area contributed by atoms with Gasteiger partial charge in [0, 0.05) is 42.8 Å². The molecule has 24 heavy (non-hydrogen) atoms. The largest absolute Gasteiger partial charge is 0.396 e. The highest BCUT2D eigenvalue weighted by Gasteiger charge is 2.15. The van der Waals surface area contributed by atoms with Gasteiger partial charge < -0.3 is 15.3 Å². The van der Waals surface area contributed by atoms with Crippen LogP contribution >= 0.6 is 11.6 Å². The molecule has 0 spiro atoms. The summed E-state index contributed by atoms with van der Waals surface area (Å²) in [6.45, 7) is 2.96. The molecule has 0 aliphatic heterocycles. The Hall–Kier alpha value is -2.11. The molecule has 0 fully saturated rings. The van der Waals surface area contributed by atoms with Gasteiger partial charge in [-0.3, -0.25) is 4.98 Å². The molecule has 0 bridgehead atoms. The molecule has 5 nitrogen and oxygen atoms in total. The number of hydrogen-bond donors (Lipinski definition) is 2. The highest BCUT2D eigenvalue weighted by atomic mass is 35.5. The summed E-state index contributed by atoms with van der Waals surface area (Å²) in [6, 6.07) is 8.99. The standard InChI is InChI=1S/C18H22ClN3O2/c1-2-15-11-16(19)6-7-17(15)21-18(24)22(9-4-10-23)13-14-5-3-8-20-12-14/h3,5-8,11-12,23H,2,4,9-10,13H2,1H3,(H,21,24). The zero-order chi connectivity index (χ0) is 17.4. The van der Waals surface area contributed by atoms with Crippen molar-refractivity contribution in [3.8, 4) is 0 Å². The topological polar surface area (TPSA) is 65.5 Å². The maximum atomic E-state index is 12.7. The Morgan fingerprint density at radius 2 is 2.21 bits per heavy atom. The molecule has 2 rings (SSSR count). The Kier molecular flexibility index (Phi) is 7.03. The summed E-state index contributed by atoms with van der Waals surface area (Å²) >= 11 is 6.01. The fourth-order valence-corrected chi connectivity index (χ4v) is 2.59. The number of aromatic nitrogens is 1. The Morgan fingerprint density at radius 1 is 1.38 bits per heavy atom. The quantitative estimate of drug-likeness (QED) is 0.802. The number of halogens is 1. The van der Waals surface area contributed by atoms with Crippen molar-refractivity contribution >= 4 is 23.3 Å². The normalized spacial score (nSPS) is 10.5. The predicted octanol–water partition coefficient (Wildman–Crippen LogP) is 3.71. The van der Waals surface area contributed by atoms with Crippen molar-refractivity contribution in [2.24, 2.45) is 0 Å². The zero-order valence-electron chi connectivity index (χ0n) is 13.7. The van der Waals surface area contributed by atoms with E-state index in [1.807, 2.05) is 31.2 Å². The first-order valence-corrected chi connectivity index (χ1v) is 8.36. The second-order valence-corrected chi connectivity index (χ2v) is 5.88. The molecule has 6 heteroatoms. The Morgan fingerprint density at radius 3 is 2.88 bits per heavy atom. The van der Waals surface area contributed by atoms with Crippen molar-refractivity contribution in [1.82, 2.24) is 9.88 Å². The van der Waals surface area contributed by atoms with E-state index in [4.69, 9.17) is 16.7 Å². The van der Waals surface area contributed by atoms with E-state index in [1.54, 1.807) is 23.4 Å². The van der Waals surface area contributed by atoms with Crippen LogP contribution < -0.4 is 5.32 Å². The first-order chi connectivity index (χ1) is 11.6. The number of benzene rings is 1. The van der Waals surface area contributed by atoms with Gasteiger partial charge in [0.05, 0.1) is 0 Å². The van der Waals surface area contributed by atoms with Crippen molar-refractivity contribution in [2.75, 3.05) is 18.5 Å². The molecule has 0 unspecified atom stereocenters. The second-order valence-electron chi connectivity index (χ2n) is 5.45. The summed E-state index contributed by atoms with van der Waals surface area (Å²) < 4.78 is 0. The molecule has 1 heterocycles. The van der Waals surface area contributed by atoms with Crippen molar-refractivity contribution in [2.45, 2.75) is 26.3 Å². The van der Waals surface area contributed by atoms with E-state index >= 15 is 0 Å². The minimum absolute atomic E-state index is 0.0397. The molecule has 0 saturated carbocycles. The smallest absolute Gasteiger partial charge is 0.322 e. The van der Waals surface area contributed by atoms with Crippen LogP contribution in [-0.2, 0) is 13.0 Å². The lowest BCUT2D eigenvalue weighted by atomic mass is 10.1. The van der Waals surface area contributed by atoms with Crippen LogP contribution in [0, 0.1) is 0 Å². The van der Waals surface area contributed by atoms with Crippen molar-refractivity contribution < 1.29 is 9.90 Å². The molecule has 128 valence electrons. The molecule has 2 aromatic rings. The number of rotatable bonds is 7. The summed E-state index contributed by atoms with van der Waals surface area (Å²) in [5, 5.41) is 12.7. The van der Waals surface area contributed by atoms with E-state index < -0.39 is 0 Å². The number of aliphatic hydroxyl groups excluding tert-OH is 1. The van der Waals surface area contributed by atoms with Crippen molar-refractivity contribution in [3.63, 3.8) is 0 Å². The monoisotopic (exact) mass is 347 g/mol. The van der Waals surface area contributed by atoms with Gasteiger partial charge in [0.25, 0.3) is 0 Å². The number of carbonyl (C=O) groups is 1. The minimum Gasteiger partial charge on any atom is -0.396 e. The van der Waals surface area contributed by atoms with Crippen molar-refractivity contribution in [1.29, 1.82) is 0 Å². The summed E-state index contributed by atoms with van der Waals surface area (Å²) in [6.07, 6.45) is 4.73. The van der Waals surface area contributed by atoms with Crippen LogP contribution in [0.1, 0.15) is 24.5 Å². The fraction of sp³-hybridized carbons (Fsp3) is 0.333. The number of aryl methyl sites for hydroxylation is 1. The average molecular weight is 348 g/mol. The first-order valence-electron chi connectivity index (χ1n) is 7.98. The summed E-state index contributed by atoms with van der Waals surface area (Å²) in [4.78, 5) is 18.4.